The highest BCUT2D eigenvalue weighted by Gasteiger charge is 2.17. The van der Waals surface area contributed by atoms with Crippen LogP contribution in [0.4, 0.5) is 0 Å². The quantitative estimate of drug-likeness (QED) is 0.828. The topological polar surface area (TPSA) is 68.2 Å². The van der Waals surface area contributed by atoms with Crippen LogP contribution in [0.2, 0.25) is 0 Å². The number of carbonyl (C=O) groups is 1. The molecule has 7 heteroatoms. The highest BCUT2D eigenvalue weighted by Crippen LogP contribution is 2.15. The molecule has 1 saturated heterocycles. The highest BCUT2D eigenvalue weighted by molar-refractivity contribution is 5.92. The van der Waals surface area contributed by atoms with E-state index in [1.165, 1.54) is 0 Å². The molecule has 1 aromatic heterocycles. The molecule has 0 spiro atoms. The number of methoxy groups -OCH3 is 1. The third-order valence-corrected chi connectivity index (χ3v) is 3.55. The number of aromatic nitrogens is 2. The van der Waals surface area contributed by atoms with E-state index in [1.807, 2.05) is 17.8 Å². The maximum atomic E-state index is 12.0. The lowest BCUT2D eigenvalue weighted by Gasteiger charge is -2.22. The lowest BCUT2D eigenvalue weighted by atomic mass is 10.1. The second-order valence-corrected chi connectivity index (χ2v) is 5.45. The Hall–Kier alpha value is -1.11. The van der Waals surface area contributed by atoms with E-state index in [1.54, 1.807) is 13.2 Å². The molecule has 2 heterocycles. The van der Waals surface area contributed by atoms with Gasteiger partial charge in [-0.3, -0.25) is 9.48 Å². The Bertz CT molecular complexity index is 432. The first-order chi connectivity index (χ1) is 9.70. The first kappa shape index (κ1) is 17.9. The number of carbonyl (C=O) groups excluding carboxylic acids is 1. The lowest BCUT2D eigenvalue weighted by molar-refractivity contribution is 0.0927. The summed E-state index contributed by atoms with van der Waals surface area (Å²) in [6.45, 7) is 5.28. The van der Waals surface area contributed by atoms with Gasteiger partial charge in [-0.25, -0.2) is 0 Å². The van der Waals surface area contributed by atoms with E-state index >= 15 is 0 Å². The first-order valence-electron chi connectivity index (χ1n) is 7.23. The number of nitrogens with one attached hydrogen (secondary N) is 2. The number of rotatable bonds is 6. The predicted octanol–water partition coefficient (Wildman–Crippen LogP) is 1.24. The SMILES string of the molecule is COCC(C)CNC(=O)c1ccn(C2CCCNC2)n1.Cl. The van der Waals surface area contributed by atoms with Crippen molar-refractivity contribution in [3.8, 4) is 0 Å². The van der Waals surface area contributed by atoms with Gasteiger partial charge in [0.15, 0.2) is 0 Å². The Morgan fingerprint density at radius 1 is 1.67 bits per heavy atom. The van der Waals surface area contributed by atoms with Crippen LogP contribution in [0.3, 0.4) is 0 Å². The van der Waals surface area contributed by atoms with E-state index in [4.69, 9.17) is 4.74 Å². The molecular formula is C14H25ClN4O2. The zero-order valence-electron chi connectivity index (χ0n) is 12.7. The molecule has 1 aromatic rings. The Kier molecular flexibility index (Phi) is 7.71. The highest BCUT2D eigenvalue weighted by atomic mass is 35.5. The number of halogens is 1. The molecular weight excluding hydrogens is 292 g/mol. The van der Waals surface area contributed by atoms with Gasteiger partial charge in [-0.05, 0) is 31.4 Å². The van der Waals surface area contributed by atoms with Gasteiger partial charge < -0.3 is 15.4 Å². The van der Waals surface area contributed by atoms with Crippen LogP contribution in [0.1, 0.15) is 36.3 Å². The summed E-state index contributed by atoms with van der Waals surface area (Å²) < 4.78 is 6.95. The fourth-order valence-corrected chi connectivity index (χ4v) is 2.42. The third kappa shape index (κ3) is 5.30. The maximum absolute atomic E-state index is 12.0. The van der Waals surface area contributed by atoms with Crippen molar-refractivity contribution < 1.29 is 9.53 Å². The zero-order chi connectivity index (χ0) is 14.4. The van der Waals surface area contributed by atoms with Gasteiger partial charge in [0.2, 0.25) is 0 Å². The second kappa shape index (κ2) is 9.02. The molecule has 2 N–H and O–H groups in total. The summed E-state index contributed by atoms with van der Waals surface area (Å²) in [4.78, 5) is 12.0. The number of nitrogens with zero attached hydrogens (tertiary/aromatic N) is 2. The van der Waals surface area contributed by atoms with Gasteiger partial charge in [-0.15, -0.1) is 12.4 Å². The minimum absolute atomic E-state index is 0. The molecule has 1 fully saturated rings. The van der Waals surface area contributed by atoms with Crippen LogP contribution >= 0.6 is 12.4 Å². The van der Waals surface area contributed by atoms with Crippen molar-refractivity contribution in [1.82, 2.24) is 20.4 Å². The molecule has 2 unspecified atom stereocenters. The van der Waals surface area contributed by atoms with E-state index in [0.717, 1.165) is 25.9 Å². The normalized spacial score (nSPS) is 19.6. The number of ether oxygens (including phenoxy) is 1. The molecule has 0 bridgehead atoms. The van der Waals surface area contributed by atoms with Crippen molar-refractivity contribution in [2.45, 2.75) is 25.8 Å². The Labute approximate surface area is 132 Å². The summed E-state index contributed by atoms with van der Waals surface area (Å²) in [7, 11) is 1.66. The number of hydrogen-bond donors (Lipinski definition) is 2. The molecule has 2 atom stereocenters. The van der Waals surface area contributed by atoms with E-state index < -0.39 is 0 Å². The fourth-order valence-electron chi connectivity index (χ4n) is 2.42. The number of amides is 1. The Balaban J connectivity index is 0.00000220. The number of hydrogen-bond acceptors (Lipinski definition) is 4. The maximum Gasteiger partial charge on any atom is 0.271 e. The van der Waals surface area contributed by atoms with Crippen LogP contribution in [0.25, 0.3) is 0 Å². The van der Waals surface area contributed by atoms with Crippen molar-refractivity contribution >= 4 is 18.3 Å². The molecule has 0 aromatic carbocycles. The average Bonchev–Trinajstić information content (AvgIpc) is 2.96. The molecule has 1 amide bonds. The molecule has 0 radical (unpaired) electrons. The summed E-state index contributed by atoms with van der Waals surface area (Å²) in [5.41, 5.74) is 0.486. The first-order valence-corrected chi connectivity index (χ1v) is 7.23. The molecule has 120 valence electrons. The molecule has 0 saturated carbocycles. The van der Waals surface area contributed by atoms with Crippen LogP contribution in [-0.2, 0) is 4.74 Å². The van der Waals surface area contributed by atoms with Crippen LogP contribution in [0.5, 0.6) is 0 Å². The standard InChI is InChI=1S/C14H24N4O2.ClH/c1-11(10-20-2)8-16-14(19)13-5-7-18(17-13)12-4-3-6-15-9-12;/h5,7,11-12,15H,3-4,6,8-10H2,1-2H3,(H,16,19);1H. The van der Waals surface area contributed by atoms with Gasteiger partial charge in [-0.2, -0.15) is 5.10 Å². The predicted molar refractivity (Wildman–Crippen MR) is 84.0 cm³/mol. The summed E-state index contributed by atoms with van der Waals surface area (Å²) in [5, 5.41) is 10.6. The summed E-state index contributed by atoms with van der Waals surface area (Å²) in [6, 6.07) is 2.14. The zero-order valence-corrected chi connectivity index (χ0v) is 13.5. The van der Waals surface area contributed by atoms with E-state index in [9.17, 15) is 4.79 Å². The molecule has 0 aliphatic carbocycles. The monoisotopic (exact) mass is 316 g/mol. The van der Waals surface area contributed by atoms with E-state index in [2.05, 4.69) is 15.7 Å². The number of piperidine rings is 1. The van der Waals surface area contributed by atoms with Gasteiger partial charge in [0, 0.05) is 26.4 Å². The fraction of sp³-hybridized carbons (Fsp3) is 0.714. The Morgan fingerprint density at radius 2 is 2.48 bits per heavy atom. The smallest absolute Gasteiger partial charge is 0.271 e. The van der Waals surface area contributed by atoms with Gasteiger partial charge in [0.25, 0.3) is 5.91 Å². The Morgan fingerprint density at radius 3 is 3.14 bits per heavy atom. The van der Waals surface area contributed by atoms with Crippen LogP contribution in [-0.4, -0.2) is 49.0 Å². The van der Waals surface area contributed by atoms with Crippen LogP contribution < -0.4 is 10.6 Å². The van der Waals surface area contributed by atoms with Crippen LogP contribution in [0, 0.1) is 5.92 Å². The van der Waals surface area contributed by atoms with Crippen molar-refractivity contribution in [1.29, 1.82) is 0 Å². The summed E-state index contributed by atoms with van der Waals surface area (Å²) in [6.07, 6.45) is 4.16. The van der Waals surface area contributed by atoms with Crippen LogP contribution in [0.15, 0.2) is 12.3 Å². The minimum Gasteiger partial charge on any atom is -0.384 e. The molecule has 1 aliphatic rings. The van der Waals surface area contributed by atoms with Crippen molar-refractivity contribution in [3.63, 3.8) is 0 Å². The van der Waals surface area contributed by atoms with E-state index in [-0.39, 0.29) is 18.3 Å². The van der Waals surface area contributed by atoms with Crippen molar-refractivity contribution in [2.24, 2.45) is 5.92 Å². The second-order valence-electron chi connectivity index (χ2n) is 5.45. The van der Waals surface area contributed by atoms with Crippen molar-refractivity contribution in [2.75, 3.05) is 33.4 Å². The minimum atomic E-state index is -0.115. The van der Waals surface area contributed by atoms with Gasteiger partial charge in [-0.1, -0.05) is 6.92 Å². The molecule has 1 aliphatic heterocycles. The molecule has 2 rings (SSSR count). The van der Waals surface area contributed by atoms with E-state index in [0.29, 0.717) is 30.8 Å². The largest absolute Gasteiger partial charge is 0.384 e. The van der Waals surface area contributed by atoms with Crippen molar-refractivity contribution in [3.05, 3.63) is 18.0 Å². The van der Waals surface area contributed by atoms with Gasteiger partial charge in [0.05, 0.1) is 12.6 Å². The van der Waals surface area contributed by atoms with Gasteiger partial charge in [0.1, 0.15) is 5.69 Å². The molecule has 21 heavy (non-hydrogen) atoms. The third-order valence-electron chi connectivity index (χ3n) is 3.55. The average molecular weight is 317 g/mol. The lowest BCUT2D eigenvalue weighted by Crippen LogP contribution is -2.32. The molecule has 6 nitrogen and oxygen atoms in total. The summed E-state index contributed by atoms with van der Waals surface area (Å²) in [5.74, 6) is 0.184. The van der Waals surface area contributed by atoms with Gasteiger partial charge >= 0.3 is 0 Å². The summed E-state index contributed by atoms with van der Waals surface area (Å²) >= 11 is 0.